The van der Waals surface area contributed by atoms with E-state index in [1.807, 2.05) is 40.6 Å². The molecule has 0 unspecified atom stereocenters. The SMILES string of the molecule is CN=c1scc(-c2cc(OC)c(OC)c(OC)c2)n1N=C(C)c1cccs1. The summed E-state index contributed by atoms with van der Waals surface area (Å²) in [7, 11) is 6.56. The van der Waals surface area contributed by atoms with Gasteiger partial charge in [-0.05, 0) is 30.5 Å². The van der Waals surface area contributed by atoms with Crippen LogP contribution < -0.4 is 19.0 Å². The third kappa shape index (κ3) is 3.77. The molecule has 2 aromatic heterocycles. The van der Waals surface area contributed by atoms with Crippen LogP contribution in [-0.2, 0) is 0 Å². The third-order valence-corrected chi connectivity index (χ3v) is 5.85. The molecular formula is C19H21N3O3S2. The van der Waals surface area contributed by atoms with E-state index in [9.17, 15) is 0 Å². The smallest absolute Gasteiger partial charge is 0.205 e. The van der Waals surface area contributed by atoms with E-state index >= 15 is 0 Å². The zero-order valence-electron chi connectivity index (χ0n) is 15.8. The van der Waals surface area contributed by atoms with Gasteiger partial charge in [0.2, 0.25) is 10.6 Å². The molecule has 27 heavy (non-hydrogen) atoms. The molecule has 1 aromatic carbocycles. The zero-order chi connectivity index (χ0) is 19.4. The molecule has 6 nitrogen and oxygen atoms in total. The molecule has 3 aromatic rings. The van der Waals surface area contributed by atoms with Crippen LogP contribution in [0.3, 0.4) is 0 Å². The van der Waals surface area contributed by atoms with Crippen molar-refractivity contribution in [3.8, 4) is 28.5 Å². The van der Waals surface area contributed by atoms with Gasteiger partial charge in [-0.2, -0.15) is 5.10 Å². The highest BCUT2D eigenvalue weighted by molar-refractivity contribution is 7.12. The summed E-state index contributed by atoms with van der Waals surface area (Å²) in [5.41, 5.74) is 2.72. The Morgan fingerprint density at radius 2 is 1.74 bits per heavy atom. The molecule has 0 atom stereocenters. The van der Waals surface area contributed by atoms with Gasteiger partial charge >= 0.3 is 0 Å². The largest absolute Gasteiger partial charge is 0.493 e. The fraction of sp³-hybridized carbons (Fsp3) is 0.263. The first-order valence-electron chi connectivity index (χ1n) is 8.16. The summed E-state index contributed by atoms with van der Waals surface area (Å²) >= 11 is 3.18. The minimum absolute atomic E-state index is 0.559. The lowest BCUT2D eigenvalue weighted by Gasteiger charge is -2.14. The fourth-order valence-corrected chi connectivity index (χ4v) is 4.13. The van der Waals surface area contributed by atoms with Crippen molar-refractivity contribution in [2.75, 3.05) is 28.4 Å². The summed E-state index contributed by atoms with van der Waals surface area (Å²) in [6, 6.07) is 7.89. The summed E-state index contributed by atoms with van der Waals surface area (Å²) in [6.07, 6.45) is 0. The number of rotatable bonds is 6. The predicted molar refractivity (Wildman–Crippen MR) is 111 cm³/mol. The zero-order valence-corrected chi connectivity index (χ0v) is 17.5. The van der Waals surface area contributed by atoms with E-state index < -0.39 is 0 Å². The van der Waals surface area contributed by atoms with Crippen molar-refractivity contribution in [2.45, 2.75) is 6.92 Å². The molecule has 0 amide bonds. The van der Waals surface area contributed by atoms with E-state index in [1.165, 1.54) is 11.3 Å². The van der Waals surface area contributed by atoms with Crippen molar-refractivity contribution in [3.63, 3.8) is 0 Å². The molecule has 0 aliphatic rings. The van der Waals surface area contributed by atoms with Gasteiger partial charge in [0.05, 0.1) is 37.6 Å². The van der Waals surface area contributed by atoms with Gasteiger partial charge in [-0.1, -0.05) is 6.07 Å². The first kappa shape index (κ1) is 19.2. The Morgan fingerprint density at radius 3 is 2.26 bits per heavy atom. The van der Waals surface area contributed by atoms with Crippen LogP contribution in [0.25, 0.3) is 11.3 Å². The standard InChI is InChI=1S/C19H21N3O3S2/c1-12(17-7-6-8-26-17)21-22-14(11-27-19(22)20-2)13-9-15(23-3)18(25-5)16(10-13)24-4/h6-11H,1-5H3. The molecule has 0 saturated heterocycles. The molecule has 0 radical (unpaired) electrons. The second-order valence-corrected chi connectivity index (χ2v) is 7.30. The minimum atomic E-state index is 0.559. The normalized spacial score (nSPS) is 12.3. The minimum Gasteiger partial charge on any atom is -0.493 e. The van der Waals surface area contributed by atoms with E-state index in [0.29, 0.717) is 17.2 Å². The lowest BCUT2D eigenvalue weighted by atomic mass is 10.1. The van der Waals surface area contributed by atoms with Crippen molar-refractivity contribution in [3.05, 3.63) is 44.7 Å². The average molecular weight is 404 g/mol. The maximum absolute atomic E-state index is 5.49. The number of thiazole rings is 1. The van der Waals surface area contributed by atoms with Gasteiger partial charge in [-0.15, -0.1) is 22.7 Å². The number of hydrogen-bond acceptors (Lipinski definition) is 7. The maximum atomic E-state index is 5.49. The molecular weight excluding hydrogens is 382 g/mol. The molecule has 3 rings (SSSR count). The number of ether oxygens (including phenoxy) is 3. The van der Waals surface area contributed by atoms with Gasteiger partial charge in [0.15, 0.2) is 11.5 Å². The van der Waals surface area contributed by atoms with Crippen LogP contribution in [-0.4, -0.2) is 38.8 Å². The van der Waals surface area contributed by atoms with Crippen molar-refractivity contribution in [1.29, 1.82) is 0 Å². The number of thiophene rings is 1. The van der Waals surface area contributed by atoms with Crippen LogP contribution in [0.2, 0.25) is 0 Å². The summed E-state index contributed by atoms with van der Waals surface area (Å²) in [5, 5.41) is 8.87. The van der Waals surface area contributed by atoms with Crippen LogP contribution in [0.15, 0.2) is 45.1 Å². The Balaban J connectivity index is 2.19. The number of aromatic nitrogens is 1. The second kappa shape index (κ2) is 8.41. The molecule has 0 spiro atoms. The molecule has 8 heteroatoms. The monoisotopic (exact) mass is 403 g/mol. The van der Waals surface area contributed by atoms with Gasteiger partial charge in [0.25, 0.3) is 0 Å². The van der Waals surface area contributed by atoms with Gasteiger partial charge in [-0.3, -0.25) is 4.99 Å². The first-order valence-corrected chi connectivity index (χ1v) is 9.92. The number of nitrogens with zero attached hydrogens (tertiary/aromatic N) is 3. The topological polar surface area (TPSA) is 57.3 Å². The molecule has 0 aliphatic heterocycles. The lowest BCUT2D eigenvalue weighted by Crippen LogP contribution is -2.13. The third-order valence-electron chi connectivity index (χ3n) is 3.96. The van der Waals surface area contributed by atoms with Gasteiger partial charge < -0.3 is 14.2 Å². The highest BCUT2D eigenvalue weighted by Crippen LogP contribution is 2.41. The summed E-state index contributed by atoms with van der Waals surface area (Å²) in [4.78, 5) is 6.28. The maximum Gasteiger partial charge on any atom is 0.205 e. The van der Waals surface area contributed by atoms with Crippen LogP contribution in [0.1, 0.15) is 11.8 Å². The van der Waals surface area contributed by atoms with Crippen LogP contribution in [0.4, 0.5) is 0 Å². The number of hydrogen-bond donors (Lipinski definition) is 0. The summed E-state index contributed by atoms with van der Waals surface area (Å²) in [6.45, 7) is 1.99. The highest BCUT2D eigenvalue weighted by Gasteiger charge is 2.17. The molecule has 142 valence electrons. The quantitative estimate of drug-likeness (QED) is 0.582. The van der Waals surface area contributed by atoms with Crippen LogP contribution >= 0.6 is 22.7 Å². The highest BCUT2D eigenvalue weighted by atomic mass is 32.1. The Labute approximate surface area is 166 Å². The Hall–Kier alpha value is -2.58. The van der Waals surface area contributed by atoms with E-state index in [1.54, 1.807) is 39.7 Å². The van der Waals surface area contributed by atoms with E-state index in [-0.39, 0.29) is 0 Å². The lowest BCUT2D eigenvalue weighted by molar-refractivity contribution is 0.324. The van der Waals surface area contributed by atoms with Gasteiger partial charge in [-0.25, -0.2) is 4.68 Å². The molecule has 0 bridgehead atoms. The van der Waals surface area contributed by atoms with Gasteiger partial charge in [0, 0.05) is 18.0 Å². The average Bonchev–Trinajstić information content (AvgIpc) is 3.36. The van der Waals surface area contributed by atoms with E-state index in [4.69, 9.17) is 19.3 Å². The Morgan fingerprint density at radius 1 is 1.04 bits per heavy atom. The fourth-order valence-electron chi connectivity index (χ4n) is 2.66. The summed E-state index contributed by atoms with van der Waals surface area (Å²) in [5.74, 6) is 1.75. The Bertz CT molecular complexity index is 992. The van der Waals surface area contributed by atoms with Gasteiger partial charge in [0.1, 0.15) is 0 Å². The van der Waals surface area contributed by atoms with E-state index in [0.717, 1.165) is 26.6 Å². The van der Waals surface area contributed by atoms with Crippen molar-refractivity contribution in [1.82, 2.24) is 4.68 Å². The van der Waals surface area contributed by atoms with Crippen molar-refractivity contribution < 1.29 is 14.2 Å². The van der Waals surface area contributed by atoms with Crippen molar-refractivity contribution in [2.24, 2.45) is 10.1 Å². The molecule has 0 N–H and O–H groups in total. The predicted octanol–water partition coefficient (Wildman–Crippen LogP) is 4.11. The van der Waals surface area contributed by atoms with Crippen molar-refractivity contribution >= 4 is 28.4 Å². The first-order chi connectivity index (χ1) is 13.1. The second-order valence-electron chi connectivity index (χ2n) is 5.52. The molecule has 0 saturated carbocycles. The Kier molecular flexibility index (Phi) is 5.98. The molecule has 2 heterocycles. The number of benzene rings is 1. The van der Waals surface area contributed by atoms with Crippen LogP contribution in [0, 0.1) is 0 Å². The van der Waals surface area contributed by atoms with E-state index in [2.05, 4.69) is 11.1 Å². The summed E-state index contributed by atoms with van der Waals surface area (Å²) < 4.78 is 18.2. The molecule has 0 fully saturated rings. The molecule has 0 aliphatic carbocycles. The number of methoxy groups -OCH3 is 3. The van der Waals surface area contributed by atoms with Crippen LogP contribution in [0.5, 0.6) is 17.2 Å².